The van der Waals surface area contributed by atoms with Crippen molar-refractivity contribution in [2.45, 2.75) is 39.1 Å². The molecule has 1 aliphatic carbocycles. The third-order valence-electron chi connectivity index (χ3n) is 6.63. The molecule has 0 spiro atoms. The van der Waals surface area contributed by atoms with E-state index in [1.807, 2.05) is 24.7 Å². The maximum atomic E-state index is 13.1. The molecule has 2 aromatic heterocycles. The maximum absolute atomic E-state index is 13.1. The number of carbonyl (C=O) groups is 1. The Morgan fingerprint density at radius 3 is 2.69 bits per heavy atom. The highest BCUT2D eigenvalue weighted by atomic mass is 16.6. The maximum Gasteiger partial charge on any atom is 0.224 e. The lowest BCUT2D eigenvalue weighted by molar-refractivity contribution is -0.146. The van der Waals surface area contributed by atoms with E-state index in [1.165, 1.54) is 0 Å². The summed E-state index contributed by atoms with van der Waals surface area (Å²) in [6, 6.07) is 1.97. The normalized spacial score (nSPS) is 32.3. The van der Waals surface area contributed by atoms with Gasteiger partial charge in [0.15, 0.2) is 0 Å². The van der Waals surface area contributed by atoms with Crippen molar-refractivity contribution >= 4 is 5.91 Å². The number of aliphatic hydroxyl groups excluding tert-OH is 2. The minimum atomic E-state index is -0.931. The molecule has 158 valence electrons. The number of hydrogen-bond donors (Lipinski definition) is 3. The Kier molecular flexibility index (Phi) is 5.41. The number of hydrogen-bond acceptors (Lipinski definition) is 8. The van der Waals surface area contributed by atoms with Gasteiger partial charge in [-0.3, -0.25) is 14.4 Å². The van der Waals surface area contributed by atoms with Crippen molar-refractivity contribution in [3.05, 3.63) is 29.3 Å². The fraction of sp³-hybridized carbons (Fsp3) is 0.684. The summed E-state index contributed by atoms with van der Waals surface area (Å²) in [7, 11) is 1.90. The Hall–Kier alpha value is -2.30. The van der Waals surface area contributed by atoms with Crippen LogP contribution in [0.2, 0.25) is 0 Å². The predicted octanol–water partition coefficient (Wildman–Crippen LogP) is -0.536. The van der Waals surface area contributed by atoms with Gasteiger partial charge in [-0.25, -0.2) is 4.63 Å². The number of aromatic nitrogens is 4. The average Bonchev–Trinajstić information content (AvgIpc) is 3.40. The molecule has 10 nitrogen and oxygen atoms in total. The third kappa shape index (κ3) is 3.67. The van der Waals surface area contributed by atoms with Crippen molar-refractivity contribution in [1.82, 2.24) is 30.3 Å². The standard InChI is InChI=1S/C19H28N6O4/c1-10-16(19(28)20-6-15-11(2)22-29-23-15)13-8-25(7-12-4-5-21-24(12)3)9-14(13)18(27)17(10)26/h4-5,10,13-14,16-18,26-27H,6-9H2,1-3H3,(H,20,28)/t10-,13+,14+,16+,17+,18+/m1/s1. The van der Waals surface area contributed by atoms with Gasteiger partial charge in [0.2, 0.25) is 5.91 Å². The highest BCUT2D eigenvalue weighted by molar-refractivity contribution is 5.79. The zero-order valence-corrected chi connectivity index (χ0v) is 16.9. The van der Waals surface area contributed by atoms with Gasteiger partial charge in [0.25, 0.3) is 0 Å². The summed E-state index contributed by atoms with van der Waals surface area (Å²) >= 11 is 0. The number of fused-ring (bicyclic) bond motifs is 1. The van der Waals surface area contributed by atoms with Crippen molar-refractivity contribution in [1.29, 1.82) is 0 Å². The van der Waals surface area contributed by atoms with Crippen molar-refractivity contribution in [3.63, 3.8) is 0 Å². The summed E-state index contributed by atoms with van der Waals surface area (Å²) in [5.41, 5.74) is 2.29. The SMILES string of the molecule is Cc1nonc1CNC(=O)[C@H]1[C@@H](C)[C@H](O)[C@@H](O)[C@H]2CN(Cc3ccnn3C)C[C@@H]21. The largest absolute Gasteiger partial charge is 0.390 e. The lowest BCUT2D eigenvalue weighted by atomic mass is 9.65. The van der Waals surface area contributed by atoms with Crippen LogP contribution in [-0.4, -0.2) is 66.4 Å². The number of amides is 1. The Morgan fingerprint density at radius 2 is 2.03 bits per heavy atom. The average molecular weight is 404 g/mol. The summed E-state index contributed by atoms with van der Waals surface area (Å²) in [5, 5.41) is 35.9. The smallest absolute Gasteiger partial charge is 0.224 e. The predicted molar refractivity (Wildman–Crippen MR) is 101 cm³/mol. The van der Waals surface area contributed by atoms with Crippen LogP contribution in [-0.2, 0) is 24.9 Å². The first kappa shape index (κ1) is 20.0. The molecule has 4 rings (SSSR count). The zero-order valence-electron chi connectivity index (χ0n) is 16.9. The summed E-state index contributed by atoms with van der Waals surface area (Å²) in [5.74, 6) is -1.06. The minimum Gasteiger partial charge on any atom is -0.390 e. The van der Waals surface area contributed by atoms with Gasteiger partial charge in [-0.1, -0.05) is 17.2 Å². The second-order valence-corrected chi connectivity index (χ2v) is 8.35. The van der Waals surface area contributed by atoms with E-state index in [0.717, 1.165) is 5.69 Å². The topological polar surface area (TPSA) is 130 Å². The van der Waals surface area contributed by atoms with Crippen LogP contribution in [0.1, 0.15) is 24.0 Å². The first-order valence-electron chi connectivity index (χ1n) is 9.98. The molecule has 10 heteroatoms. The lowest BCUT2D eigenvalue weighted by Crippen LogP contribution is -2.55. The first-order valence-corrected chi connectivity index (χ1v) is 9.98. The lowest BCUT2D eigenvalue weighted by Gasteiger charge is -2.43. The van der Waals surface area contributed by atoms with Crippen LogP contribution in [0.4, 0.5) is 0 Å². The van der Waals surface area contributed by atoms with Crippen LogP contribution in [0.3, 0.4) is 0 Å². The van der Waals surface area contributed by atoms with Crippen molar-refractivity contribution in [2.24, 2.45) is 30.7 Å². The molecule has 3 N–H and O–H groups in total. The van der Waals surface area contributed by atoms with Gasteiger partial charge in [-0.05, 0) is 24.8 Å². The molecule has 1 saturated heterocycles. The van der Waals surface area contributed by atoms with E-state index >= 15 is 0 Å². The monoisotopic (exact) mass is 404 g/mol. The van der Waals surface area contributed by atoms with Crippen molar-refractivity contribution in [3.8, 4) is 0 Å². The highest BCUT2D eigenvalue weighted by Crippen LogP contribution is 2.44. The molecular weight excluding hydrogens is 376 g/mol. The fourth-order valence-corrected chi connectivity index (χ4v) is 4.90. The highest BCUT2D eigenvalue weighted by Gasteiger charge is 2.53. The number of nitrogens with zero attached hydrogens (tertiary/aromatic N) is 5. The molecule has 0 aromatic carbocycles. The van der Waals surface area contributed by atoms with Gasteiger partial charge < -0.3 is 15.5 Å². The number of likely N-dealkylation sites (tertiary alicyclic amines) is 1. The summed E-state index contributed by atoms with van der Waals surface area (Å²) < 4.78 is 6.51. The molecular formula is C19H28N6O4. The molecule has 1 aliphatic heterocycles. The molecule has 6 atom stereocenters. The van der Waals surface area contributed by atoms with Gasteiger partial charge >= 0.3 is 0 Å². The number of carbonyl (C=O) groups excluding carboxylic acids is 1. The van der Waals surface area contributed by atoms with Crippen LogP contribution in [0.15, 0.2) is 16.9 Å². The number of aliphatic hydroxyl groups is 2. The van der Waals surface area contributed by atoms with E-state index in [9.17, 15) is 15.0 Å². The zero-order chi connectivity index (χ0) is 20.7. The molecule has 3 heterocycles. The second-order valence-electron chi connectivity index (χ2n) is 8.35. The first-order chi connectivity index (χ1) is 13.9. The Labute approximate surface area is 168 Å². The van der Waals surface area contributed by atoms with Crippen LogP contribution < -0.4 is 5.32 Å². The van der Waals surface area contributed by atoms with Crippen molar-refractivity contribution < 1.29 is 19.6 Å². The molecule has 0 unspecified atom stereocenters. The molecule has 29 heavy (non-hydrogen) atoms. The molecule has 2 aliphatic rings. The van der Waals surface area contributed by atoms with Gasteiger partial charge in [0.1, 0.15) is 11.4 Å². The molecule has 2 aromatic rings. The molecule has 1 amide bonds. The Morgan fingerprint density at radius 1 is 1.28 bits per heavy atom. The summed E-state index contributed by atoms with van der Waals surface area (Å²) in [4.78, 5) is 15.3. The van der Waals surface area contributed by atoms with Crippen LogP contribution in [0, 0.1) is 30.6 Å². The van der Waals surface area contributed by atoms with E-state index in [1.54, 1.807) is 13.1 Å². The third-order valence-corrected chi connectivity index (χ3v) is 6.63. The van der Waals surface area contributed by atoms with Crippen LogP contribution in [0.5, 0.6) is 0 Å². The van der Waals surface area contributed by atoms with Gasteiger partial charge in [0.05, 0.1) is 24.4 Å². The minimum absolute atomic E-state index is 0.0341. The number of aryl methyl sites for hydroxylation is 2. The second kappa shape index (κ2) is 7.85. The number of rotatable bonds is 5. The molecule has 0 bridgehead atoms. The molecule has 0 radical (unpaired) electrons. The summed E-state index contributed by atoms with van der Waals surface area (Å²) in [6.07, 6.45) is -0.00691. The van der Waals surface area contributed by atoms with E-state index in [-0.39, 0.29) is 30.2 Å². The van der Waals surface area contributed by atoms with Gasteiger partial charge in [-0.15, -0.1) is 0 Å². The van der Waals surface area contributed by atoms with Crippen molar-refractivity contribution in [2.75, 3.05) is 13.1 Å². The Balaban J connectivity index is 1.49. The van der Waals surface area contributed by atoms with E-state index in [2.05, 4.69) is 30.3 Å². The van der Waals surface area contributed by atoms with E-state index in [4.69, 9.17) is 0 Å². The molecule has 2 fully saturated rings. The van der Waals surface area contributed by atoms with E-state index < -0.39 is 18.1 Å². The van der Waals surface area contributed by atoms with Gasteiger partial charge in [0, 0.05) is 44.7 Å². The van der Waals surface area contributed by atoms with Crippen LogP contribution >= 0.6 is 0 Å². The fourth-order valence-electron chi connectivity index (χ4n) is 4.90. The van der Waals surface area contributed by atoms with E-state index in [0.29, 0.717) is 31.0 Å². The summed E-state index contributed by atoms with van der Waals surface area (Å²) in [6.45, 7) is 5.85. The Bertz CT molecular complexity index is 867. The molecule has 1 saturated carbocycles. The van der Waals surface area contributed by atoms with Crippen LogP contribution in [0.25, 0.3) is 0 Å². The number of nitrogens with one attached hydrogen (secondary N) is 1. The quantitative estimate of drug-likeness (QED) is 0.606. The van der Waals surface area contributed by atoms with Gasteiger partial charge in [-0.2, -0.15) is 5.10 Å².